The van der Waals surface area contributed by atoms with E-state index in [0.717, 1.165) is 31.4 Å². The van der Waals surface area contributed by atoms with Crippen molar-refractivity contribution in [2.24, 2.45) is 0 Å². The molecule has 0 saturated carbocycles. The Balaban J connectivity index is 1.97. The van der Waals surface area contributed by atoms with E-state index in [-0.39, 0.29) is 5.92 Å². The molecule has 0 radical (unpaired) electrons. The molecule has 23 heavy (non-hydrogen) atoms. The third-order valence-electron chi connectivity index (χ3n) is 3.90. The van der Waals surface area contributed by atoms with Crippen LogP contribution in [0.25, 0.3) is 0 Å². The summed E-state index contributed by atoms with van der Waals surface area (Å²) < 4.78 is 0. The Morgan fingerprint density at radius 1 is 1.13 bits per heavy atom. The van der Waals surface area contributed by atoms with Gasteiger partial charge in [-0.1, -0.05) is 32.0 Å². The molecule has 1 aliphatic heterocycles. The Labute approximate surface area is 137 Å². The van der Waals surface area contributed by atoms with Crippen molar-refractivity contribution in [2.75, 3.05) is 42.3 Å². The molecule has 1 aromatic heterocycles. The molecular formula is C17H24N6. The highest BCUT2D eigenvalue weighted by atomic mass is 15.3. The van der Waals surface area contributed by atoms with Crippen LogP contribution in [0.2, 0.25) is 0 Å². The van der Waals surface area contributed by atoms with Crippen molar-refractivity contribution in [1.29, 1.82) is 0 Å². The van der Waals surface area contributed by atoms with Crippen molar-refractivity contribution in [3.63, 3.8) is 0 Å². The van der Waals surface area contributed by atoms with E-state index in [4.69, 9.17) is 4.98 Å². The zero-order valence-corrected chi connectivity index (χ0v) is 14.2. The van der Waals surface area contributed by atoms with Gasteiger partial charge in [0, 0.05) is 45.3 Å². The minimum Gasteiger partial charge on any atom is -0.383 e. The Kier molecular flexibility index (Phi) is 4.32. The number of hydrogen-bond acceptors (Lipinski definition) is 6. The van der Waals surface area contributed by atoms with E-state index >= 15 is 0 Å². The van der Waals surface area contributed by atoms with Gasteiger partial charge in [0.1, 0.15) is 5.82 Å². The summed E-state index contributed by atoms with van der Waals surface area (Å²) in [5, 5.41) is 3.48. The zero-order chi connectivity index (χ0) is 16.4. The molecule has 122 valence electrons. The molecule has 1 N–H and O–H groups in total. The number of para-hydroxylation sites is 1. The van der Waals surface area contributed by atoms with Gasteiger partial charge in [0.2, 0.25) is 11.9 Å². The van der Waals surface area contributed by atoms with Crippen LogP contribution in [0, 0.1) is 0 Å². The van der Waals surface area contributed by atoms with E-state index < -0.39 is 0 Å². The van der Waals surface area contributed by atoms with E-state index in [2.05, 4.69) is 58.3 Å². The van der Waals surface area contributed by atoms with Gasteiger partial charge in [-0.15, -0.1) is 0 Å². The minimum absolute atomic E-state index is 0.271. The smallest absolute Gasteiger partial charge is 0.230 e. The summed E-state index contributed by atoms with van der Waals surface area (Å²) in [7, 11) is 3.92. The number of rotatable bonds is 3. The number of nitrogens with zero attached hydrogens (tertiary/aromatic N) is 5. The molecule has 6 nitrogen and oxygen atoms in total. The molecule has 0 bridgehead atoms. The lowest BCUT2D eigenvalue weighted by Crippen LogP contribution is -2.29. The SMILES string of the molecule is CC(C)c1nc(N(C)C)nc(N2CCNc3ccccc3C2)n1. The number of anilines is 3. The molecule has 0 spiro atoms. The van der Waals surface area contributed by atoms with Gasteiger partial charge in [-0.3, -0.25) is 0 Å². The van der Waals surface area contributed by atoms with Gasteiger partial charge < -0.3 is 15.1 Å². The van der Waals surface area contributed by atoms with Gasteiger partial charge in [0.25, 0.3) is 0 Å². The van der Waals surface area contributed by atoms with Crippen molar-refractivity contribution in [3.8, 4) is 0 Å². The van der Waals surface area contributed by atoms with Crippen molar-refractivity contribution < 1.29 is 0 Å². The van der Waals surface area contributed by atoms with Gasteiger partial charge in [-0.2, -0.15) is 15.0 Å². The molecule has 0 atom stereocenters. The molecule has 6 heteroatoms. The number of aromatic nitrogens is 3. The molecule has 0 fully saturated rings. The molecule has 1 aromatic carbocycles. The Morgan fingerprint density at radius 2 is 1.91 bits per heavy atom. The maximum atomic E-state index is 4.70. The molecule has 0 amide bonds. The summed E-state index contributed by atoms with van der Waals surface area (Å²) in [5.74, 6) is 2.58. The van der Waals surface area contributed by atoms with Crippen LogP contribution in [0.4, 0.5) is 17.6 Å². The summed E-state index contributed by atoms with van der Waals surface area (Å²) in [6, 6.07) is 8.41. The summed E-state index contributed by atoms with van der Waals surface area (Å²) in [6.45, 7) is 6.76. The van der Waals surface area contributed by atoms with Crippen molar-refractivity contribution in [2.45, 2.75) is 26.3 Å². The van der Waals surface area contributed by atoms with E-state index in [0.29, 0.717) is 5.95 Å². The number of fused-ring (bicyclic) bond motifs is 1. The average molecular weight is 312 g/mol. The Hall–Kier alpha value is -2.37. The second-order valence-electron chi connectivity index (χ2n) is 6.35. The fourth-order valence-electron chi connectivity index (χ4n) is 2.58. The number of nitrogens with one attached hydrogen (secondary N) is 1. The normalized spacial score (nSPS) is 14.2. The highest BCUT2D eigenvalue weighted by Crippen LogP contribution is 2.24. The van der Waals surface area contributed by atoms with Crippen LogP contribution in [-0.2, 0) is 6.54 Å². The van der Waals surface area contributed by atoms with E-state index in [1.807, 2.05) is 19.0 Å². The molecule has 2 heterocycles. The van der Waals surface area contributed by atoms with E-state index in [1.54, 1.807) is 0 Å². The Morgan fingerprint density at radius 3 is 2.65 bits per heavy atom. The maximum absolute atomic E-state index is 4.70. The first-order chi connectivity index (χ1) is 11.0. The second kappa shape index (κ2) is 6.40. The molecular weight excluding hydrogens is 288 g/mol. The minimum atomic E-state index is 0.271. The van der Waals surface area contributed by atoms with Crippen molar-refractivity contribution >= 4 is 17.6 Å². The Bertz CT molecular complexity index is 656. The second-order valence-corrected chi connectivity index (χ2v) is 6.35. The van der Waals surface area contributed by atoms with E-state index in [9.17, 15) is 0 Å². The summed E-state index contributed by atoms with van der Waals surface area (Å²) in [4.78, 5) is 18.1. The van der Waals surface area contributed by atoms with Crippen LogP contribution in [0.5, 0.6) is 0 Å². The third kappa shape index (κ3) is 3.36. The quantitative estimate of drug-likeness (QED) is 0.940. The van der Waals surface area contributed by atoms with Crippen molar-refractivity contribution in [3.05, 3.63) is 35.7 Å². The van der Waals surface area contributed by atoms with Gasteiger partial charge in [0.05, 0.1) is 0 Å². The van der Waals surface area contributed by atoms with Crippen LogP contribution in [0.15, 0.2) is 24.3 Å². The first kappa shape index (κ1) is 15.5. The monoisotopic (exact) mass is 312 g/mol. The lowest BCUT2D eigenvalue weighted by Gasteiger charge is -2.23. The van der Waals surface area contributed by atoms with Crippen LogP contribution < -0.4 is 15.1 Å². The van der Waals surface area contributed by atoms with Crippen LogP contribution in [0.3, 0.4) is 0 Å². The fraction of sp³-hybridized carbons (Fsp3) is 0.471. The average Bonchev–Trinajstić information content (AvgIpc) is 2.76. The first-order valence-corrected chi connectivity index (χ1v) is 8.04. The standard InChI is InChI=1S/C17H24N6/c1-12(2)15-19-16(22(3)4)21-17(20-15)23-10-9-18-14-8-6-5-7-13(14)11-23/h5-8,12,18H,9-11H2,1-4H3. The summed E-state index contributed by atoms with van der Waals surface area (Å²) in [6.07, 6.45) is 0. The van der Waals surface area contributed by atoms with Crippen LogP contribution in [0.1, 0.15) is 31.2 Å². The van der Waals surface area contributed by atoms with Crippen LogP contribution in [-0.4, -0.2) is 42.1 Å². The molecule has 0 saturated heterocycles. The van der Waals surface area contributed by atoms with Crippen molar-refractivity contribution in [1.82, 2.24) is 15.0 Å². The molecule has 0 unspecified atom stereocenters. The maximum Gasteiger partial charge on any atom is 0.230 e. The molecule has 0 aliphatic carbocycles. The highest BCUT2D eigenvalue weighted by molar-refractivity contribution is 5.54. The molecule has 1 aliphatic rings. The molecule has 3 rings (SSSR count). The number of benzene rings is 1. The number of hydrogen-bond donors (Lipinski definition) is 1. The first-order valence-electron chi connectivity index (χ1n) is 8.04. The van der Waals surface area contributed by atoms with Gasteiger partial charge in [-0.25, -0.2) is 0 Å². The summed E-state index contributed by atoms with van der Waals surface area (Å²) >= 11 is 0. The van der Waals surface area contributed by atoms with Gasteiger partial charge in [0.15, 0.2) is 0 Å². The third-order valence-corrected chi connectivity index (χ3v) is 3.90. The van der Waals surface area contributed by atoms with E-state index in [1.165, 1.54) is 11.3 Å². The fourth-order valence-corrected chi connectivity index (χ4v) is 2.58. The van der Waals surface area contributed by atoms with Crippen LogP contribution >= 0.6 is 0 Å². The largest absolute Gasteiger partial charge is 0.383 e. The van der Waals surface area contributed by atoms with Gasteiger partial charge in [-0.05, 0) is 11.6 Å². The van der Waals surface area contributed by atoms with Gasteiger partial charge >= 0.3 is 0 Å². The highest BCUT2D eigenvalue weighted by Gasteiger charge is 2.19. The predicted octanol–water partition coefficient (Wildman–Crippen LogP) is 2.49. The summed E-state index contributed by atoms with van der Waals surface area (Å²) in [5.41, 5.74) is 2.46. The molecule has 2 aromatic rings. The lowest BCUT2D eigenvalue weighted by atomic mass is 10.2. The lowest BCUT2D eigenvalue weighted by molar-refractivity contribution is 0.719. The zero-order valence-electron chi connectivity index (χ0n) is 14.2. The topological polar surface area (TPSA) is 57.2 Å². The predicted molar refractivity (Wildman–Crippen MR) is 94.2 cm³/mol.